The molecular formula is C10H22O2. The fourth-order valence-electron chi connectivity index (χ4n) is 1.37. The van der Waals surface area contributed by atoms with E-state index in [-0.39, 0.29) is 0 Å². The maximum absolute atomic E-state index is 8.59. The second-order valence-corrected chi connectivity index (χ2v) is 3.54. The van der Waals surface area contributed by atoms with Crippen LogP contribution < -0.4 is 0 Å². The molecule has 0 saturated carbocycles. The fourth-order valence-corrected chi connectivity index (χ4v) is 1.37. The lowest BCUT2D eigenvalue weighted by Gasteiger charge is -2.09. The van der Waals surface area contributed by atoms with E-state index < -0.39 is 0 Å². The van der Waals surface area contributed by atoms with Gasteiger partial charge in [-0.3, -0.25) is 0 Å². The van der Waals surface area contributed by atoms with Gasteiger partial charge in [0, 0.05) is 13.2 Å². The van der Waals surface area contributed by atoms with Crippen molar-refractivity contribution in [1.29, 1.82) is 0 Å². The minimum absolute atomic E-state index is 0.320. The number of aliphatic hydroxyl groups is 2. The van der Waals surface area contributed by atoms with E-state index in [0.717, 1.165) is 31.6 Å². The Morgan fingerprint density at radius 3 is 2.00 bits per heavy atom. The Balaban J connectivity index is 3.02. The van der Waals surface area contributed by atoms with E-state index in [4.69, 9.17) is 10.2 Å². The van der Waals surface area contributed by atoms with Gasteiger partial charge in [0.1, 0.15) is 0 Å². The number of aliphatic hydroxyl groups excluding tert-OH is 2. The van der Waals surface area contributed by atoms with Crippen LogP contribution in [0.4, 0.5) is 0 Å². The lowest BCUT2D eigenvalue weighted by atomic mass is 9.98. The van der Waals surface area contributed by atoms with Crippen LogP contribution in [-0.4, -0.2) is 23.4 Å². The Kier molecular flexibility index (Phi) is 8.95. The zero-order valence-electron chi connectivity index (χ0n) is 8.13. The van der Waals surface area contributed by atoms with E-state index in [1.165, 1.54) is 12.8 Å². The van der Waals surface area contributed by atoms with Crippen LogP contribution in [0.3, 0.4) is 0 Å². The minimum atomic E-state index is 0.320. The Bertz CT molecular complexity index is 83.9. The van der Waals surface area contributed by atoms with Crippen LogP contribution in [0.1, 0.15) is 45.4 Å². The number of hydrogen-bond acceptors (Lipinski definition) is 2. The van der Waals surface area contributed by atoms with Gasteiger partial charge < -0.3 is 10.2 Å². The summed E-state index contributed by atoms with van der Waals surface area (Å²) in [6, 6.07) is 0. The molecule has 0 rings (SSSR count). The van der Waals surface area contributed by atoms with Gasteiger partial charge in [-0.15, -0.1) is 0 Å². The SMILES string of the molecule is CC(CCCO)CCCCCO. The maximum Gasteiger partial charge on any atom is 0.0431 e. The van der Waals surface area contributed by atoms with E-state index in [1.807, 2.05) is 0 Å². The standard InChI is InChI=1S/C10H22O2/c1-10(7-5-9-12)6-3-2-4-8-11/h10-12H,2-9H2,1H3. The predicted molar refractivity (Wildman–Crippen MR) is 51.0 cm³/mol. The molecule has 0 radical (unpaired) electrons. The summed E-state index contributed by atoms with van der Waals surface area (Å²) in [6.45, 7) is 2.88. The van der Waals surface area contributed by atoms with Crippen LogP contribution in [0.2, 0.25) is 0 Å². The van der Waals surface area contributed by atoms with Crippen LogP contribution in [-0.2, 0) is 0 Å². The molecule has 0 saturated heterocycles. The Morgan fingerprint density at radius 2 is 1.42 bits per heavy atom. The molecule has 0 heterocycles. The maximum atomic E-state index is 8.59. The monoisotopic (exact) mass is 174 g/mol. The first-order chi connectivity index (χ1) is 5.81. The lowest BCUT2D eigenvalue weighted by molar-refractivity contribution is 0.266. The Morgan fingerprint density at radius 1 is 0.833 bits per heavy atom. The Labute approximate surface area is 75.6 Å². The summed E-state index contributed by atoms with van der Waals surface area (Å²) in [5, 5.41) is 17.1. The van der Waals surface area contributed by atoms with Crippen molar-refractivity contribution in [2.75, 3.05) is 13.2 Å². The second kappa shape index (κ2) is 9.01. The van der Waals surface area contributed by atoms with Gasteiger partial charge in [0.25, 0.3) is 0 Å². The van der Waals surface area contributed by atoms with E-state index in [0.29, 0.717) is 13.2 Å². The average molecular weight is 174 g/mol. The van der Waals surface area contributed by atoms with Gasteiger partial charge in [0.05, 0.1) is 0 Å². The zero-order chi connectivity index (χ0) is 9.23. The molecule has 1 unspecified atom stereocenters. The van der Waals surface area contributed by atoms with Gasteiger partial charge in [0.2, 0.25) is 0 Å². The van der Waals surface area contributed by atoms with E-state index >= 15 is 0 Å². The third-order valence-electron chi connectivity index (χ3n) is 2.21. The molecule has 0 spiro atoms. The summed E-state index contributed by atoms with van der Waals surface area (Å²) >= 11 is 0. The van der Waals surface area contributed by atoms with Crippen LogP contribution in [0.5, 0.6) is 0 Å². The molecule has 0 fully saturated rings. The summed E-state index contributed by atoms with van der Waals surface area (Å²) in [5.41, 5.74) is 0. The molecule has 0 aromatic rings. The summed E-state index contributed by atoms with van der Waals surface area (Å²) in [6.07, 6.45) is 6.59. The van der Waals surface area contributed by atoms with Gasteiger partial charge in [-0.05, 0) is 25.2 Å². The van der Waals surface area contributed by atoms with Crippen molar-refractivity contribution in [3.8, 4) is 0 Å². The predicted octanol–water partition coefficient (Wildman–Crippen LogP) is 1.95. The quantitative estimate of drug-likeness (QED) is 0.552. The minimum Gasteiger partial charge on any atom is -0.396 e. The first-order valence-electron chi connectivity index (χ1n) is 5.03. The molecule has 0 aromatic carbocycles. The van der Waals surface area contributed by atoms with Crippen molar-refractivity contribution in [1.82, 2.24) is 0 Å². The first-order valence-corrected chi connectivity index (χ1v) is 5.03. The molecule has 0 aliphatic rings. The molecule has 0 bridgehead atoms. The van der Waals surface area contributed by atoms with E-state index in [1.54, 1.807) is 0 Å². The molecule has 2 N–H and O–H groups in total. The highest BCUT2D eigenvalue weighted by Gasteiger charge is 2.00. The smallest absolute Gasteiger partial charge is 0.0431 e. The zero-order valence-corrected chi connectivity index (χ0v) is 8.13. The van der Waals surface area contributed by atoms with Crippen molar-refractivity contribution < 1.29 is 10.2 Å². The van der Waals surface area contributed by atoms with Crippen LogP contribution in [0.25, 0.3) is 0 Å². The number of rotatable bonds is 8. The van der Waals surface area contributed by atoms with Crippen molar-refractivity contribution in [2.24, 2.45) is 5.92 Å². The Hall–Kier alpha value is -0.0800. The normalized spacial score (nSPS) is 13.2. The van der Waals surface area contributed by atoms with Gasteiger partial charge in [0.15, 0.2) is 0 Å². The van der Waals surface area contributed by atoms with Gasteiger partial charge in [-0.1, -0.05) is 26.2 Å². The van der Waals surface area contributed by atoms with Crippen LogP contribution >= 0.6 is 0 Å². The molecule has 0 aliphatic heterocycles. The summed E-state index contributed by atoms with van der Waals surface area (Å²) < 4.78 is 0. The van der Waals surface area contributed by atoms with Crippen molar-refractivity contribution >= 4 is 0 Å². The summed E-state index contributed by atoms with van der Waals surface area (Å²) in [5.74, 6) is 0.732. The van der Waals surface area contributed by atoms with Gasteiger partial charge in [-0.2, -0.15) is 0 Å². The molecule has 0 aromatic heterocycles. The average Bonchev–Trinajstić information content (AvgIpc) is 2.09. The molecule has 1 atom stereocenters. The summed E-state index contributed by atoms with van der Waals surface area (Å²) in [4.78, 5) is 0. The lowest BCUT2D eigenvalue weighted by Crippen LogP contribution is -1.97. The van der Waals surface area contributed by atoms with Crippen molar-refractivity contribution in [3.63, 3.8) is 0 Å². The topological polar surface area (TPSA) is 40.5 Å². The molecule has 0 aliphatic carbocycles. The largest absolute Gasteiger partial charge is 0.396 e. The number of hydrogen-bond donors (Lipinski definition) is 2. The van der Waals surface area contributed by atoms with Gasteiger partial charge in [-0.25, -0.2) is 0 Å². The van der Waals surface area contributed by atoms with Crippen molar-refractivity contribution in [3.05, 3.63) is 0 Å². The molecular weight excluding hydrogens is 152 g/mol. The summed E-state index contributed by atoms with van der Waals surface area (Å²) in [7, 11) is 0. The van der Waals surface area contributed by atoms with Crippen LogP contribution in [0, 0.1) is 5.92 Å². The number of unbranched alkanes of at least 4 members (excludes halogenated alkanes) is 2. The second-order valence-electron chi connectivity index (χ2n) is 3.54. The fraction of sp³-hybridized carbons (Fsp3) is 1.00. The molecule has 0 amide bonds. The van der Waals surface area contributed by atoms with E-state index in [2.05, 4.69) is 6.92 Å². The van der Waals surface area contributed by atoms with Crippen LogP contribution in [0.15, 0.2) is 0 Å². The third kappa shape index (κ3) is 8.02. The highest BCUT2D eigenvalue weighted by Crippen LogP contribution is 2.14. The highest BCUT2D eigenvalue weighted by atomic mass is 16.3. The third-order valence-corrected chi connectivity index (χ3v) is 2.21. The highest BCUT2D eigenvalue weighted by molar-refractivity contribution is 4.53. The first kappa shape index (κ1) is 11.9. The molecule has 2 nitrogen and oxygen atoms in total. The molecule has 12 heavy (non-hydrogen) atoms. The molecule has 2 heteroatoms. The van der Waals surface area contributed by atoms with Crippen molar-refractivity contribution in [2.45, 2.75) is 45.4 Å². The van der Waals surface area contributed by atoms with Gasteiger partial charge >= 0.3 is 0 Å². The van der Waals surface area contributed by atoms with E-state index in [9.17, 15) is 0 Å². The molecule has 74 valence electrons.